The van der Waals surface area contributed by atoms with Gasteiger partial charge in [-0.3, -0.25) is 0 Å². The minimum absolute atomic E-state index is 0.0152. The van der Waals surface area contributed by atoms with Crippen LogP contribution in [-0.4, -0.2) is 17.8 Å². The molecule has 0 heterocycles. The molecule has 0 radical (unpaired) electrons. The lowest BCUT2D eigenvalue weighted by Crippen LogP contribution is -2.43. The zero-order chi connectivity index (χ0) is 10.8. The van der Waals surface area contributed by atoms with Crippen LogP contribution in [0, 0.1) is 6.92 Å². The van der Waals surface area contributed by atoms with E-state index in [1.807, 2.05) is 12.1 Å². The van der Waals surface area contributed by atoms with Crippen molar-refractivity contribution in [2.75, 3.05) is 6.61 Å². The molecular formula is C12H19NO. The number of benzene rings is 1. The second-order valence-corrected chi connectivity index (χ2v) is 4.33. The Morgan fingerprint density at radius 1 is 1.36 bits per heavy atom. The van der Waals surface area contributed by atoms with Crippen LogP contribution in [-0.2, 0) is 5.41 Å². The molecule has 1 aromatic rings. The van der Waals surface area contributed by atoms with Gasteiger partial charge in [0, 0.05) is 11.5 Å². The lowest BCUT2D eigenvalue weighted by atomic mass is 9.76. The minimum Gasteiger partial charge on any atom is -0.395 e. The summed E-state index contributed by atoms with van der Waals surface area (Å²) in [6.07, 6.45) is 0. The highest BCUT2D eigenvalue weighted by Gasteiger charge is 2.28. The lowest BCUT2D eigenvalue weighted by Gasteiger charge is -2.32. The largest absolute Gasteiger partial charge is 0.395 e. The van der Waals surface area contributed by atoms with Gasteiger partial charge in [0.2, 0.25) is 0 Å². The normalized spacial score (nSPS) is 14.1. The van der Waals surface area contributed by atoms with Crippen molar-refractivity contribution in [1.29, 1.82) is 0 Å². The van der Waals surface area contributed by atoms with Gasteiger partial charge < -0.3 is 10.8 Å². The second kappa shape index (κ2) is 4.11. The van der Waals surface area contributed by atoms with Gasteiger partial charge in [0.1, 0.15) is 0 Å². The molecule has 0 fully saturated rings. The number of aryl methyl sites for hydroxylation is 1. The molecule has 0 bridgehead atoms. The smallest absolute Gasteiger partial charge is 0.0591 e. The molecule has 1 aromatic carbocycles. The predicted molar refractivity (Wildman–Crippen MR) is 59.3 cm³/mol. The van der Waals surface area contributed by atoms with Crippen LogP contribution in [0.5, 0.6) is 0 Å². The Kier molecular flexibility index (Phi) is 3.29. The van der Waals surface area contributed by atoms with Crippen molar-refractivity contribution >= 4 is 0 Å². The maximum Gasteiger partial charge on any atom is 0.0591 e. The molecule has 14 heavy (non-hydrogen) atoms. The molecule has 78 valence electrons. The van der Waals surface area contributed by atoms with E-state index in [1.165, 1.54) is 11.1 Å². The standard InChI is InChI=1S/C12H19NO/c1-9-6-4-5-7-10(9)12(2,3)11(13)8-14/h4-7,11,14H,8,13H2,1-3H3. The molecular weight excluding hydrogens is 174 g/mol. The minimum atomic E-state index is -0.219. The van der Waals surface area contributed by atoms with Gasteiger partial charge in [-0.1, -0.05) is 38.1 Å². The van der Waals surface area contributed by atoms with Crippen LogP contribution in [0.15, 0.2) is 24.3 Å². The van der Waals surface area contributed by atoms with E-state index in [2.05, 4.69) is 32.9 Å². The Balaban J connectivity index is 3.09. The highest BCUT2D eigenvalue weighted by molar-refractivity contribution is 5.33. The maximum atomic E-state index is 9.10. The number of aliphatic hydroxyl groups is 1. The second-order valence-electron chi connectivity index (χ2n) is 4.33. The summed E-state index contributed by atoms with van der Waals surface area (Å²) in [5.41, 5.74) is 8.15. The van der Waals surface area contributed by atoms with Crippen molar-refractivity contribution in [3.63, 3.8) is 0 Å². The Labute approximate surface area is 85.8 Å². The van der Waals surface area contributed by atoms with Gasteiger partial charge in [0.05, 0.1) is 6.61 Å². The molecule has 1 atom stereocenters. The summed E-state index contributed by atoms with van der Waals surface area (Å²) >= 11 is 0. The molecule has 0 aromatic heterocycles. The van der Waals surface area contributed by atoms with Crippen molar-refractivity contribution in [3.05, 3.63) is 35.4 Å². The van der Waals surface area contributed by atoms with E-state index in [1.54, 1.807) is 0 Å². The number of hydrogen-bond donors (Lipinski definition) is 2. The molecule has 1 rings (SSSR count). The Morgan fingerprint density at radius 2 is 1.93 bits per heavy atom. The van der Waals surface area contributed by atoms with E-state index >= 15 is 0 Å². The first kappa shape index (κ1) is 11.2. The van der Waals surface area contributed by atoms with Gasteiger partial charge in [0.15, 0.2) is 0 Å². The maximum absolute atomic E-state index is 9.10. The van der Waals surface area contributed by atoms with Crippen LogP contribution >= 0.6 is 0 Å². The number of aliphatic hydroxyl groups excluding tert-OH is 1. The average Bonchev–Trinajstić information content (AvgIpc) is 2.17. The van der Waals surface area contributed by atoms with Crippen molar-refractivity contribution in [2.45, 2.75) is 32.2 Å². The number of hydrogen-bond acceptors (Lipinski definition) is 2. The van der Waals surface area contributed by atoms with E-state index in [4.69, 9.17) is 10.8 Å². The summed E-state index contributed by atoms with van der Waals surface area (Å²) in [5.74, 6) is 0. The van der Waals surface area contributed by atoms with Crippen LogP contribution < -0.4 is 5.73 Å². The average molecular weight is 193 g/mol. The van der Waals surface area contributed by atoms with Crippen molar-refractivity contribution < 1.29 is 5.11 Å². The number of rotatable bonds is 3. The molecule has 0 amide bonds. The van der Waals surface area contributed by atoms with Crippen LogP contribution in [0.4, 0.5) is 0 Å². The summed E-state index contributed by atoms with van der Waals surface area (Å²) in [5, 5.41) is 9.10. The Hall–Kier alpha value is -0.860. The number of nitrogens with two attached hydrogens (primary N) is 1. The van der Waals surface area contributed by atoms with Gasteiger partial charge in [-0.2, -0.15) is 0 Å². The van der Waals surface area contributed by atoms with Gasteiger partial charge in [-0.25, -0.2) is 0 Å². The van der Waals surface area contributed by atoms with E-state index < -0.39 is 0 Å². The molecule has 2 nitrogen and oxygen atoms in total. The summed E-state index contributed by atoms with van der Waals surface area (Å²) in [6, 6.07) is 7.95. The van der Waals surface area contributed by atoms with Crippen molar-refractivity contribution in [2.24, 2.45) is 5.73 Å². The molecule has 0 saturated carbocycles. The first-order chi connectivity index (χ1) is 6.50. The third-order valence-electron chi connectivity index (χ3n) is 2.96. The summed E-state index contributed by atoms with van der Waals surface area (Å²) < 4.78 is 0. The van der Waals surface area contributed by atoms with Gasteiger partial charge in [0.25, 0.3) is 0 Å². The van der Waals surface area contributed by atoms with Gasteiger partial charge >= 0.3 is 0 Å². The lowest BCUT2D eigenvalue weighted by molar-refractivity contribution is 0.219. The molecule has 2 heteroatoms. The molecule has 0 aliphatic rings. The van der Waals surface area contributed by atoms with Gasteiger partial charge in [-0.15, -0.1) is 0 Å². The zero-order valence-electron chi connectivity index (χ0n) is 9.12. The van der Waals surface area contributed by atoms with E-state index in [9.17, 15) is 0 Å². The highest BCUT2D eigenvalue weighted by Crippen LogP contribution is 2.28. The van der Waals surface area contributed by atoms with Crippen LogP contribution in [0.3, 0.4) is 0 Å². The van der Waals surface area contributed by atoms with E-state index in [-0.39, 0.29) is 18.1 Å². The molecule has 0 spiro atoms. The zero-order valence-corrected chi connectivity index (χ0v) is 9.12. The summed E-state index contributed by atoms with van der Waals surface area (Å²) in [7, 11) is 0. The van der Waals surface area contributed by atoms with Crippen molar-refractivity contribution in [3.8, 4) is 0 Å². The van der Waals surface area contributed by atoms with Crippen molar-refractivity contribution in [1.82, 2.24) is 0 Å². The Morgan fingerprint density at radius 3 is 2.43 bits per heavy atom. The first-order valence-electron chi connectivity index (χ1n) is 4.92. The summed E-state index contributed by atoms with van der Waals surface area (Å²) in [6.45, 7) is 6.22. The van der Waals surface area contributed by atoms with E-state index in [0.29, 0.717) is 0 Å². The van der Waals surface area contributed by atoms with Crippen LogP contribution in [0.1, 0.15) is 25.0 Å². The SMILES string of the molecule is Cc1ccccc1C(C)(C)C(N)CO. The topological polar surface area (TPSA) is 46.2 Å². The molecule has 3 N–H and O–H groups in total. The molecule has 0 saturated heterocycles. The fourth-order valence-corrected chi connectivity index (χ4v) is 1.72. The van der Waals surface area contributed by atoms with Crippen LogP contribution in [0.2, 0.25) is 0 Å². The summed E-state index contributed by atoms with van der Waals surface area (Å²) in [4.78, 5) is 0. The monoisotopic (exact) mass is 193 g/mol. The molecule has 0 aliphatic carbocycles. The molecule has 0 aliphatic heterocycles. The fourth-order valence-electron chi connectivity index (χ4n) is 1.72. The van der Waals surface area contributed by atoms with Gasteiger partial charge in [-0.05, 0) is 18.1 Å². The van der Waals surface area contributed by atoms with E-state index in [0.717, 1.165) is 0 Å². The fraction of sp³-hybridized carbons (Fsp3) is 0.500. The highest BCUT2D eigenvalue weighted by atomic mass is 16.3. The van der Waals surface area contributed by atoms with Crippen LogP contribution in [0.25, 0.3) is 0 Å². The predicted octanol–water partition coefficient (Wildman–Crippen LogP) is 1.59. The third-order valence-corrected chi connectivity index (χ3v) is 2.96. The third kappa shape index (κ3) is 1.97. The quantitative estimate of drug-likeness (QED) is 0.765. The molecule has 1 unspecified atom stereocenters. The Bertz CT molecular complexity index is 307. The first-order valence-corrected chi connectivity index (χ1v) is 4.92.